The number of amides is 2. The summed E-state index contributed by atoms with van der Waals surface area (Å²) in [7, 11) is 0. The molecule has 0 heterocycles. The molecule has 0 bridgehead atoms. The van der Waals surface area contributed by atoms with E-state index in [9.17, 15) is 9.59 Å². The van der Waals surface area contributed by atoms with E-state index < -0.39 is 17.9 Å². The summed E-state index contributed by atoms with van der Waals surface area (Å²) >= 11 is 5.98. The zero-order chi connectivity index (χ0) is 19.6. The Morgan fingerprint density at radius 1 is 0.963 bits per heavy atom. The molecule has 2 aromatic rings. The molecule has 0 aliphatic carbocycles. The van der Waals surface area contributed by atoms with Gasteiger partial charge in [-0.2, -0.15) is 0 Å². The van der Waals surface area contributed by atoms with Crippen LogP contribution >= 0.6 is 11.6 Å². The molecule has 1 atom stereocenters. The number of benzene rings is 2. The zero-order valence-electron chi connectivity index (χ0n) is 15.0. The number of hydrazine groups is 1. The van der Waals surface area contributed by atoms with Crippen molar-refractivity contribution in [3.05, 3.63) is 53.6 Å². The Morgan fingerprint density at radius 3 is 2.19 bits per heavy atom. The Hall–Kier alpha value is -2.93. The molecule has 0 spiro atoms. The molecule has 0 saturated carbocycles. The smallest absolute Gasteiger partial charge is 0.279 e. The molecule has 0 saturated heterocycles. The lowest BCUT2D eigenvalue weighted by Gasteiger charge is -2.16. The summed E-state index contributed by atoms with van der Waals surface area (Å²) < 4.78 is 16.3. The van der Waals surface area contributed by atoms with Gasteiger partial charge in [0.15, 0.2) is 24.2 Å². The first-order valence-corrected chi connectivity index (χ1v) is 8.73. The second-order valence-corrected chi connectivity index (χ2v) is 5.80. The first-order chi connectivity index (χ1) is 13.0. The minimum atomic E-state index is -0.857. The van der Waals surface area contributed by atoms with Crippen molar-refractivity contribution in [2.45, 2.75) is 20.0 Å². The van der Waals surface area contributed by atoms with E-state index in [-0.39, 0.29) is 6.61 Å². The van der Waals surface area contributed by atoms with E-state index >= 15 is 0 Å². The fourth-order valence-electron chi connectivity index (χ4n) is 2.04. The van der Waals surface area contributed by atoms with Crippen LogP contribution < -0.4 is 25.1 Å². The molecule has 0 aliphatic rings. The zero-order valence-corrected chi connectivity index (χ0v) is 15.8. The van der Waals surface area contributed by atoms with E-state index in [4.69, 9.17) is 25.8 Å². The van der Waals surface area contributed by atoms with Gasteiger partial charge in [-0.1, -0.05) is 35.9 Å². The second kappa shape index (κ2) is 10.3. The highest BCUT2D eigenvalue weighted by Crippen LogP contribution is 2.26. The number of ether oxygens (including phenoxy) is 3. The van der Waals surface area contributed by atoms with Crippen LogP contribution in [0.4, 0.5) is 0 Å². The van der Waals surface area contributed by atoms with Crippen molar-refractivity contribution in [2.75, 3.05) is 13.2 Å². The van der Waals surface area contributed by atoms with Crippen LogP contribution in [-0.2, 0) is 9.59 Å². The Bertz CT molecular complexity index is 784. The number of carbonyl (C=O) groups is 2. The lowest BCUT2D eigenvalue weighted by Crippen LogP contribution is -2.48. The van der Waals surface area contributed by atoms with E-state index in [0.717, 1.165) is 0 Å². The number of rotatable bonds is 8. The number of para-hydroxylation sites is 3. The van der Waals surface area contributed by atoms with Crippen molar-refractivity contribution >= 4 is 23.4 Å². The molecule has 144 valence electrons. The molecule has 1 unspecified atom stereocenters. The van der Waals surface area contributed by atoms with Gasteiger partial charge in [-0.05, 0) is 38.1 Å². The van der Waals surface area contributed by atoms with Crippen molar-refractivity contribution in [1.82, 2.24) is 10.9 Å². The van der Waals surface area contributed by atoms with Gasteiger partial charge in [0.2, 0.25) is 0 Å². The Morgan fingerprint density at radius 2 is 1.56 bits per heavy atom. The van der Waals surface area contributed by atoms with Gasteiger partial charge in [0, 0.05) is 0 Å². The van der Waals surface area contributed by atoms with Crippen LogP contribution in [0.5, 0.6) is 17.2 Å². The summed E-state index contributed by atoms with van der Waals surface area (Å²) in [6, 6.07) is 13.8. The molecule has 0 aliphatic heterocycles. The maximum Gasteiger partial charge on any atom is 0.279 e. The number of nitrogens with one attached hydrogen (secondary N) is 2. The van der Waals surface area contributed by atoms with E-state index in [1.54, 1.807) is 55.5 Å². The summed E-state index contributed by atoms with van der Waals surface area (Å²) in [5.74, 6) is 0.302. The summed E-state index contributed by atoms with van der Waals surface area (Å²) in [6.07, 6.45) is -0.857. The van der Waals surface area contributed by atoms with Crippen LogP contribution in [0.2, 0.25) is 5.02 Å². The highest BCUT2D eigenvalue weighted by atomic mass is 35.5. The third-order valence-corrected chi connectivity index (χ3v) is 3.65. The average molecular weight is 393 g/mol. The van der Waals surface area contributed by atoms with Gasteiger partial charge >= 0.3 is 0 Å². The Labute approximate surface area is 162 Å². The monoisotopic (exact) mass is 392 g/mol. The molecule has 0 radical (unpaired) electrons. The van der Waals surface area contributed by atoms with E-state index in [1.165, 1.54) is 0 Å². The predicted molar refractivity (Wildman–Crippen MR) is 101 cm³/mol. The fourth-order valence-corrected chi connectivity index (χ4v) is 2.22. The van der Waals surface area contributed by atoms with Crippen LogP contribution in [-0.4, -0.2) is 31.1 Å². The molecule has 2 amide bonds. The predicted octanol–water partition coefficient (Wildman–Crippen LogP) is 2.73. The summed E-state index contributed by atoms with van der Waals surface area (Å²) in [5, 5.41) is 0.391. The molecule has 27 heavy (non-hydrogen) atoms. The van der Waals surface area contributed by atoms with Gasteiger partial charge < -0.3 is 14.2 Å². The first kappa shape index (κ1) is 20.4. The summed E-state index contributed by atoms with van der Waals surface area (Å²) in [4.78, 5) is 23.9. The molecule has 2 rings (SSSR count). The third kappa shape index (κ3) is 6.38. The van der Waals surface area contributed by atoms with Crippen molar-refractivity contribution in [1.29, 1.82) is 0 Å². The minimum absolute atomic E-state index is 0.288. The Kier molecular flexibility index (Phi) is 7.76. The van der Waals surface area contributed by atoms with Gasteiger partial charge in [-0.3, -0.25) is 20.4 Å². The summed E-state index contributed by atoms with van der Waals surface area (Å²) in [6.45, 7) is 3.58. The van der Waals surface area contributed by atoms with Gasteiger partial charge in [0.25, 0.3) is 11.8 Å². The van der Waals surface area contributed by atoms with Crippen molar-refractivity contribution in [2.24, 2.45) is 0 Å². The largest absolute Gasteiger partial charge is 0.490 e. The highest BCUT2D eigenvalue weighted by Gasteiger charge is 2.17. The quantitative estimate of drug-likeness (QED) is 0.674. The van der Waals surface area contributed by atoms with Gasteiger partial charge in [-0.25, -0.2) is 0 Å². The number of halogens is 1. The van der Waals surface area contributed by atoms with E-state index in [1.807, 2.05) is 6.92 Å². The molecule has 8 heteroatoms. The fraction of sp³-hybridized carbons (Fsp3) is 0.263. The molecule has 2 aromatic carbocycles. The molecule has 2 N–H and O–H groups in total. The normalized spacial score (nSPS) is 11.2. The first-order valence-electron chi connectivity index (χ1n) is 8.35. The lowest BCUT2D eigenvalue weighted by molar-refractivity contribution is -0.133. The van der Waals surface area contributed by atoms with Crippen LogP contribution in [0.15, 0.2) is 48.5 Å². The number of carbonyl (C=O) groups excluding carboxylic acids is 2. The van der Waals surface area contributed by atoms with Crippen LogP contribution in [0.3, 0.4) is 0 Å². The van der Waals surface area contributed by atoms with Crippen molar-refractivity contribution in [3.8, 4) is 17.2 Å². The molecule has 0 fully saturated rings. The minimum Gasteiger partial charge on any atom is -0.490 e. The van der Waals surface area contributed by atoms with Crippen LogP contribution in [0, 0.1) is 0 Å². The van der Waals surface area contributed by atoms with Gasteiger partial charge in [-0.15, -0.1) is 0 Å². The average Bonchev–Trinajstić information content (AvgIpc) is 2.67. The maximum absolute atomic E-state index is 12.0. The van der Waals surface area contributed by atoms with Gasteiger partial charge in [0.05, 0.1) is 11.6 Å². The Balaban J connectivity index is 1.78. The number of hydrogen-bond donors (Lipinski definition) is 2. The maximum atomic E-state index is 12.0. The number of hydrogen-bond acceptors (Lipinski definition) is 5. The topological polar surface area (TPSA) is 85.9 Å². The van der Waals surface area contributed by atoms with Crippen molar-refractivity contribution in [3.63, 3.8) is 0 Å². The van der Waals surface area contributed by atoms with E-state index in [0.29, 0.717) is 28.9 Å². The van der Waals surface area contributed by atoms with Crippen LogP contribution in [0.1, 0.15) is 13.8 Å². The van der Waals surface area contributed by atoms with E-state index in [2.05, 4.69) is 10.9 Å². The summed E-state index contributed by atoms with van der Waals surface area (Å²) in [5.41, 5.74) is 4.55. The lowest BCUT2D eigenvalue weighted by atomic mass is 10.3. The van der Waals surface area contributed by atoms with Gasteiger partial charge in [0.1, 0.15) is 5.75 Å². The van der Waals surface area contributed by atoms with Crippen molar-refractivity contribution < 1.29 is 23.8 Å². The SMILES string of the molecule is CCOc1ccccc1OCC(=O)NNC(=O)C(C)Oc1ccccc1Cl. The third-order valence-electron chi connectivity index (χ3n) is 3.34. The second-order valence-electron chi connectivity index (χ2n) is 5.40. The standard InChI is InChI=1S/C19H21ClN2O5/c1-3-25-16-10-6-7-11-17(16)26-12-18(23)21-22-19(24)13(2)27-15-9-5-4-8-14(15)20/h4-11,13H,3,12H2,1-2H3,(H,21,23)(H,22,24). The highest BCUT2D eigenvalue weighted by molar-refractivity contribution is 6.32. The molecular weight excluding hydrogens is 372 g/mol. The van der Waals surface area contributed by atoms with Crippen LogP contribution in [0.25, 0.3) is 0 Å². The molecule has 7 nitrogen and oxygen atoms in total. The molecule has 0 aromatic heterocycles. The molecular formula is C19H21ClN2O5.